The topological polar surface area (TPSA) is 61.8 Å². The minimum absolute atomic E-state index is 0.0698. The monoisotopic (exact) mass is 479 g/mol. The summed E-state index contributed by atoms with van der Waals surface area (Å²) < 4.78 is 19.1. The van der Waals surface area contributed by atoms with Gasteiger partial charge in [-0.1, -0.05) is 23.7 Å². The second-order valence-corrected chi connectivity index (χ2v) is 8.91. The van der Waals surface area contributed by atoms with Gasteiger partial charge in [0.15, 0.2) is 0 Å². The molecule has 0 bridgehead atoms. The number of ether oxygens (including phenoxy) is 1. The number of anilines is 2. The number of fused-ring (bicyclic) bond motifs is 1. The van der Waals surface area contributed by atoms with E-state index in [1.54, 1.807) is 24.5 Å². The number of aryl methyl sites for hydroxylation is 1. The molecule has 34 heavy (non-hydrogen) atoms. The number of halogens is 2. The third kappa shape index (κ3) is 5.38. The molecule has 0 amide bonds. The molecule has 2 N–H and O–H groups in total. The van der Waals surface area contributed by atoms with Crippen molar-refractivity contribution in [2.75, 3.05) is 43.5 Å². The minimum atomic E-state index is -0.448. The number of nitrogens with zero attached hydrogens (tertiary/aromatic N) is 3. The summed E-state index contributed by atoms with van der Waals surface area (Å²) in [6, 6.07) is 14.9. The molecule has 0 saturated carbocycles. The third-order valence-corrected chi connectivity index (χ3v) is 6.41. The molecule has 1 saturated heterocycles. The van der Waals surface area contributed by atoms with Gasteiger partial charge in [0.1, 0.15) is 17.8 Å². The molecule has 176 valence electrons. The highest BCUT2D eigenvalue weighted by Crippen LogP contribution is 2.31. The Morgan fingerprint density at radius 1 is 1.15 bits per heavy atom. The maximum Gasteiger partial charge on any atom is 0.148 e. The maximum absolute atomic E-state index is 13.7. The highest BCUT2D eigenvalue weighted by atomic mass is 35.5. The first kappa shape index (κ1) is 22.8. The number of hydrogen-bond acceptors (Lipinski definition) is 6. The van der Waals surface area contributed by atoms with E-state index in [0.717, 1.165) is 62.5 Å². The predicted octanol–water partition coefficient (Wildman–Crippen LogP) is 5.12. The second-order valence-electron chi connectivity index (χ2n) is 8.50. The van der Waals surface area contributed by atoms with Gasteiger partial charge in [-0.25, -0.2) is 9.38 Å². The predicted molar refractivity (Wildman–Crippen MR) is 134 cm³/mol. The van der Waals surface area contributed by atoms with Crippen LogP contribution in [0, 0.1) is 5.82 Å². The van der Waals surface area contributed by atoms with Crippen molar-refractivity contribution >= 4 is 28.8 Å². The van der Waals surface area contributed by atoms with E-state index in [1.165, 1.54) is 11.6 Å². The first-order valence-corrected chi connectivity index (χ1v) is 11.9. The molecular weight excluding hydrogens is 453 g/mol. The summed E-state index contributed by atoms with van der Waals surface area (Å²) in [5.74, 6) is 0.260. The normalized spacial score (nSPS) is 18.1. The number of pyridine rings is 1. The molecule has 8 heteroatoms. The lowest BCUT2D eigenvalue weighted by Crippen LogP contribution is -2.36. The summed E-state index contributed by atoms with van der Waals surface area (Å²) in [4.78, 5) is 11.6. The summed E-state index contributed by atoms with van der Waals surface area (Å²) in [6.45, 7) is 4.72. The highest BCUT2D eigenvalue weighted by Gasteiger charge is 2.22. The molecule has 1 atom stereocenters. The van der Waals surface area contributed by atoms with E-state index < -0.39 is 5.82 Å². The first-order chi connectivity index (χ1) is 16.7. The third-order valence-electron chi connectivity index (χ3n) is 6.12. The lowest BCUT2D eigenvalue weighted by atomic mass is 10.0. The Bertz CT molecular complexity index is 1170. The molecule has 3 aromatic rings. The van der Waals surface area contributed by atoms with Crippen LogP contribution in [-0.4, -0.2) is 48.6 Å². The Labute approximate surface area is 203 Å². The summed E-state index contributed by atoms with van der Waals surface area (Å²) in [5, 5.41) is 6.93. The lowest BCUT2D eigenvalue weighted by molar-refractivity contribution is 0.0375. The Balaban J connectivity index is 1.38. The molecule has 6 nitrogen and oxygen atoms in total. The highest BCUT2D eigenvalue weighted by molar-refractivity contribution is 6.31. The van der Waals surface area contributed by atoms with E-state index >= 15 is 0 Å². The fourth-order valence-electron chi connectivity index (χ4n) is 4.28. The molecule has 1 unspecified atom stereocenters. The van der Waals surface area contributed by atoms with E-state index in [1.807, 2.05) is 12.1 Å². The second kappa shape index (κ2) is 10.5. The molecule has 0 aliphatic carbocycles. The van der Waals surface area contributed by atoms with Gasteiger partial charge in [-0.2, -0.15) is 0 Å². The van der Waals surface area contributed by atoms with Gasteiger partial charge in [-0.05, 0) is 61.3 Å². The summed E-state index contributed by atoms with van der Waals surface area (Å²) in [7, 11) is 0. The largest absolute Gasteiger partial charge is 0.379 e. The molecular formula is C26H27ClFN5O. The van der Waals surface area contributed by atoms with Crippen LogP contribution >= 0.6 is 11.6 Å². The number of hydrogen-bond donors (Lipinski definition) is 2. The minimum Gasteiger partial charge on any atom is -0.379 e. The molecule has 1 fully saturated rings. The van der Waals surface area contributed by atoms with Crippen molar-refractivity contribution in [1.82, 2.24) is 9.88 Å². The van der Waals surface area contributed by atoms with Gasteiger partial charge in [0, 0.05) is 48.0 Å². The number of morpholine rings is 1. The van der Waals surface area contributed by atoms with E-state index in [2.05, 4.69) is 38.7 Å². The van der Waals surface area contributed by atoms with Crippen molar-refractivity contribution in [2.45, 2.75) is 19.0 Å². The van der Waals surface area contributed by atoms with Gasteiger partial charge in [0.25, 0.3) is 0 Å². The quantitative estimate of drug-likeness (QED) is 0.513. The number of amidine groups is 1. The van der Waals surface area contributed by atoms with Crippen LogP contribution in [-0.2, 0) is 11.2 Å². The van der Waals surface area contributed by atoms with Gasteiger partial charge >= 0.3 is 0 Å². The summed E-state index contributed by atoms with van der Waals surface area (Å²) >= 11 is 6.02. The van der Waals surface area contributed by atoms with Crippen LogP contribution in [0.5, 0.6) is 0 Å². The Morgan fingerprint density at radius 2 is 2.03 bits per heavy atom. The lowest BCUT2D eigenvalue weighted by Gasteiger charge is -2.27. The van der Waals surface area contributed by atoms with Crippen LogP contribution in [0.2, 0.25) is 5.02 Å². The fourth-order valence-corrected chi connectivity index (χ4v) is 4.46. The smallest absolute Gasteiger partial charge is 0.148 e. The molecule has 0 spiro atoms. The Morgan fingerprint density at radius 3 is 2.82 bits per heavy atom. The number of nitrogens with one attached hydrogen (secondary N) is 2. The SMILES string of the molecule is Fc1ccc(NC2=NC(c3cccnc3)Nc3ccc(CCCN4CCOCC4)cc32)cc1Cl. The van der Waals surface area contributed by atoms with Gasteiger partial charge in [-0.15, -0.1) is 0 Å². The van der Waals surface area contributed by atoms with Crippen molar-refractivity contribution < 1.29 is 9.13 Å². The van der Waals surface area contributed by atoms with Crippen molar-refractivity contribution in [2.24, 2.45) is 4.99 Å². The average molecular weight is 480 g/mol. The molecule has 2 aliphatic heterocycles. The molecule has 3 heterocycles. The van der Waals surface area contributed by atoms with Crippen LogP contribution in [0.25, 0.3) is 0 Å². The molecule has 0 radical (unpaired) electrons. The number of rotatable bonds is 6. The van der Waals surface area contributed by atoms with Crippen molar-refractivity contribution in [3.8, 4) is 0 Å². The summed E-state index contributed by atoms with van der Waals surface area (Å²) in [6.07, 6.45) is 5.32. The zero-order valence-electron chi connectivity index (χ0n) is 18.8. The van der Waals surface area contributed by atoms with Gasteiger partial charge in [-0.3, -0.25) is 9.88 Å². The fraction of sp³-hybridized carbons (Fsp3) is 0.308. The zero-order chi connectivity index (χ0) is 23.3. The van der Waals surface area contributed by atoms with E-state index in [0.29, 0.717) is 11.5 Å². The van der Waals surface area contributed by atoms with Crippen LogP contribution in [0.3, 0.4) is 0 Å². The number of aliphatic imine (C=N–C) groups is 1. The molecule has 5 rings (SSSR count). The maximum atomic E-state index is 13.7. The van der Waals surface area contributed by atoms with E-state index in [4.69, 9.17) is 21.3 Å². The van der Waals surface area contributed by atoms with Crippen LogP contribution < -0.4 is 10.6 Å². The van der Waals surface area contributed by atoms with E-state index in [-0.39, 0.29) is 11.2 Å². The number of aromatic nitrogens is 1. The zero-order valence-corrected chi connectivity index (χ0v) is 19.6. The molecule has 2 aromatic carbocycles. The van der Waals surface area contributed by atoms with Crippen LogP contribution in [0.15, 0.2) is 65.9 Å². The van der Waals surface area contributed by atoms with Crippen molar-refractivity contribution in [3.63, 3.8) is 0 Å². The van der Waals surface area contributed by atoms with Gasteiger partial charge in [0.2, 0.25) is 0 Å². The van der Waals surface area contributed by atoms with Crippen molar-refractivity contribution in [3.05, 3.63) is 88.5 Å². The van der Waals surface area contributed by atoms with Crippen LogP contribution in [0.4, 0.5) is 15.8 Å². The van der Waals surface area contributed by atoms with E-state index in [9.17, 15) is 4.39 Å². The standard InChI is InChI=1S/C26H27ClFN5O/c27-22-16-20(6-7-23(22)28)30-26-21-15-18(3-2-10-33-11-13-34-14-12-33)5-8-24(21)31-25(32-26)19-4-1-9-29-17-19/h1,4-9,15-17,25,31H,2-3,10-14H2,(H,30,32). The van der Waals surface area contributed by atoms with Crippen molar-refractivity contribution in [1.29, 1.82) is 0 Å². The average Bonchev–Trinajstić information content (AvgIpc) is 2.87. The first-order valence-electron chi connectivity index (χ1n) is 11.6. The Kier molecular flexibility index (Phi) is 7.04. The molecule has 2 aliphatic rings. The van der Waals surface area contributed by atoms with Crippen LogP contribution in [0.1, 0.15) is 29.3 Å². The number of benzene rings is 2. The summed E-state index contributed by atoms with van der Waals surface area (Å²) in [5.41, 5.74) is 4.85. The Hall–Kier alpha value is -3.00. The van der Waals surface area contributed by atoms with Gasteiger partial charge < -0.3 is 15.4 Å². The van der Waals surface area contributed by atoms with Gasteiger partial charge in [0.05, 0.1) is 18.2 Å². The molecule has 1 aromatic heterocycles.